The Labute approximate surface area is 128 Å². The zero-order chi connectivity index (χ0) is 13.2. The van der Waals surface area contributed by atoms with Gasteiger partial charge in [-0.05, 0) is 54.9 Å². The van der Waals surface area contributed by atoms with Gasteiger partial charge in [-0.2, -0.15) is 0 Å². The molecule has 3 heteroatoms. The smallest absolute Gasteiger partial charge is 0.125 e. The highest BCUT2D eigenvalue weighted by atomic mass is 79.9. The molecule has 2 aliphatic rings. The molecule has 0 bridgehead atoms. The van der Waals surface area contributed by atoms with E-state index in [-0.39, 0.29) is 0 Å². The first-order valence-corrected chi connectivity index (χ1v) is 8.61. The fourth-order valence-electron chi connectivity index (χ4n) is 3.38. The lowest BCUT2D eigenvalue weighted by Gasteiger charge is -2.17. The van der Waals surface area contributed by atoms with E-state index < -0.39 is 0 Å². The Morgan fingerprint density at radius 3 is 2.89 bits per heavy atom. The van der Waals surface area contributed by atoms with Gasteiger partial charge in [-0.1, -0.05) is 40.4 Å². The van der Waals surface area contributed by atoms with Crippen LogP contribution in [0.1, 0.15) is 43.2 Å². The number of ether oxygens (including phenoxy) is 1. The van der Waals surface area contributed by atoms with Crippen LogP contribution in [0.3, 0.4) is 0 Å². The molecule has 1 aromatic rings. The van der Waals surface area contributed by atoms with E-state index in [2.05, 4.69) is 28.1 Å². The van der Waals surface area contributed by atoms with Crippen molar-refractivity contribution in [3.63, 3.8) is 0 Å². The number of fused-ring (bicyclic) bond motifs is 1. The van der Waals surface area contributed by atoms with Crippen LogP contribution in [0.4, 0.5) is 0 Å². The van der Waals surface area contributed by atoms with Gasteiger partial charge in [-0.3, -0.25) is 0 Å². The maximum absolute atomic E-state index is 6.20. The molecule has 1 aliphatic carbocycles. The molecule has 1 atom stereocenters. The molecule has 0 saturated heterocycles. The SMILES string of the molecule is Clc1cc2c(c(CCC(Br)C3CCCC3)c1)OCC2. The predicted octanol–water partition coefficient (Wildman–Crippen LogP) is 5.16. The van der Waals surface area contributed by atoms with Crippen LogP contribution in [-0.2, 0) is 12.8 Å². The second-order valence-corrected chi connectivity index (χ2v) is 7.36. The van der Waals surface area contributed by atoms with Crippen LogP contribution in [0.5, 0.6) is 5.75 Å². The summed E-state index contributed by atoms with van der Waals surface area (Å²) in [6.07, 6.45) is 8.84. The molecule has 0 amide bonds. The summed E-state index contributed by atoms with van der Waals surface area (Å²) in [5.41, 5.74) is 2.58. The number of benzene rings is 1. The van der Waals surface area contributed by atoms with Crippen molar-refractivity contribution in [1.29, 1.82) is 0 Å². The van der Waals surface area contributed by atoms with E-state index in [1.54, 1.807) is 0 Å². The van der Waals surface area contributed by atoms with Gasteiger partial charge in [-0.25, -0.2) is 0 Å². The lowest BCUT2D eigenvalue weighted by molar-refractivity contribution is 0.352. The molecule has 0 N–H and O–H groups in total. The fraction of sp³-hybridized carbons (Fsp3) is 0.625. The van der Waals surface area contributed by atoms with Gasteiger partial charge in [0, 0.05) is 16.3 Å². The summed E-state index contributed by atoms with van der Waals surface area (Å²) in [5.74, 6) is 1.98. The first-order valence-electron chi connectivity index (χ1n) is 7.32. The van der Waals surface area contributed by atoms with Crippen LogP contribution in [0.15, 0.2) is 12.1 Å². The first-order chi connectivity index (χ1) is 9.24. The van der Waals surface area contributed by atoms with Gasteiger partial charge >= 0.3 is 0 Å². The van der Waals surface area contributed by atoms with Gasteiger partial charge in [0.15, 0.2) is 0 Å². The van der Waals surface area contributed by atoms with Crippen molar-refractivity contribution in [2.24, 2.45) is 5.92 Å². The minimum absolute atomic E-state index is 0.644. The van der Waals surface area contributed by atoms with Crippen molar-refractivity contribution in [3.8, 4) is 5.75 Å². The number of hydrogen-bond donors (Lipinski definition) is 0. The Morgan fingerprint density at radius 2 is 2.11 bits per heavy atom. The van der Waals surface area contributed by atoms with Crippen molar-refractivity contribution in [2.75, 3.05) is 6.61 Å². The van der Waals surface area contributed by atoms with Crippen LogP contribution in [-0.4, -0.2) is 11.4 Å². The first kappa shape index (κ1) is 13.8. The highest BCUT2D eigenvalue weighted by molar-refractivity contribution is 9.09. The second-order valence-electron chi connectivity index (χ2n) is 5.75. The van der Waals surface area contributed by atoms with Crippen molar-refractivity contribution in [1.82, 2.24) is 0 Å². The molecule has 1 nitrogen and oxygen atoms in total. The van der Waals surface area contributed by atoms with Crippen molar-refractivity contribution < 1.29 is 4.74 Å². The van der Waals surface area contributed by atoms with Crippen molar-refractivity contribution in [3.05, 3.63) is 28.3 Å². The van der Waals surface area contributed by atoms with E-state index in [1.165, 1.54) is 43.2 Å². The summed E-state index contributed by atoms with van der Waals surface area (Å²) in [6.45, 7) is 0.809. The van der Waals surface area contributed by atoms with Crippen molar-refractivity contribution in [2.45, 2.75) is 49.8 Å². The molecule has 0 aromatic heterocycles. The van der Waals surface area contributed by atoms with Gasteiger partial charge in [0.25, 0.3) is 0 Å². The summed E-state index contributed by atoms with van der Waals surface area (Å²) in [4.78, 5) is 0.644. The Balaban J connectivity index is 1.66. The maximum Gasteiger partial charge on any atom is 0.125 e. The molecule has 1 fully saturated rings. The quantitative estimate of drug-likeness (QED) is 0.686. The predicted molar refractivity (Wildman–Crippen MR) is 83.6 cm³/mol. The lowest BCUT2D eigenvalue weighted by Crippen LogP contribution is -2.11. The topological polar surface area (TPSA) is 9.23 Å². The zero-order valence-electron chi connectivity index (χ0n) is 11.1. The average molecular weight is 344 g/mol. The van der Waals surface area contributed by atoms with E-state index >= 15 is 0 Å². The largest absolute Gasteiger partial charge is 0.493 e. The summed E-state index contributed by atoms with van der Waals surface area (Å²) in [5, 5.41) is 0.853. The number of rotatable bonds is 4. The third-order valence-corrected chi connectivity index (χ3v) is 5.85. The summed E-state index contributed by atoms with van der Waals surface area (Å²) in [7, 11) is 0. The molecule has 3 rings (SSSR count). The Morgan fingerprint density at radius 1 is 1.32 bits per heavy atom. The van der Waals surface area contributed by atoms with Gasteiger partial charge in [-0.15, -0.1) is 0 Å². The Bertz CT molecular complexity index is 454. The molecule has 1 aromatic carbocycles. The minimum atomic E-state index is 0.644. The van der Waals surface area contributed by atoms with Gasteiger partial charge in [0.1, 0.15) is 5.75 Å². The fourth-order valence-corrected chi connectivity index (χ4v) is 4.40. The van der Waals surface area contributed by atoms with E-state index in [0.717, 1.165) is 36.1 Å². The molecule has 0 spiro atoms. The van der Waals surface area contributed by atoms with E-state index in [9.17, 15) is 0 Å². The molecule has 0 radical (unpaired) electrons. The summed E-state index contributed by atoms with van der Waals surface area (Å²) in [6, 6.07) is 4.13. The van der Waals surface area contributed by atoms with Crippen LogP contribution in [0.25, 0.3) is 0 Å². The summed E-state index contributed by atoms with van der Waals surface area (Å²) >= 11 is 10.1. The summed E-state index contributed by atoms with van der Waals surface area (Å²) < 4.78 is 5.77. The molecular formula is C16H20BrClO. The molecular weight excluding hydrogens is 324 g/mol. The molecule has 1 heterocycles. The van der Waals surface area contributed by atoms with Crippen LogP contribution < -0.4 is 4.74 Å². The highest BCUT2D eigenvalue weighted by Gasteiger charge is 2.24. The highest BCUT2D eigenvalue weighted by Crippen LogP contribution is 2.37. The monoisotopic (exact) mass is 342 g/mol. The zero-order valence-corrected chi connectivity index (χ0v) is 13.5. The van der Waals surface area contributed by atoms with Gasteiger partial charge < -0.3 is 4.74 Å². The standard InChI is InChI=1S/C16H20BrClO/c17-15(11-3-1-2-4-11)6-5-12-9-14(18)10-13-7-8-19-16(12)13/h9-11,15H,1-8H2. The van der Waals surface area contributed by atoms with E-state index in [4.69, 9.17) is 16.3 Å². The molecule has 1 aliphatic heterocycles. The number of alkyl halides is 1. The second kappa shape index (κ2) is 6.05. The van der Waals surface area contributed by atoms with Gasteiger partial charge in [0.05, 0.1) is 6.61 Å². The van der Waals surface area contributed by atoms with E-state index in [0.29, 0.717) is 4.83 Å². The molecule has 1 saturated carbocycles. The van der Waals surface area contributed by atoms with E-state index in [1.807, 2.05) is 0 Å². The Kier molecular flexibility index (Phi) is 4.38. The lowest BCUT2D eigenvalue weighted by atomic mass is 9.97. The molecule has 1 unspecified atom stereocenters. The molecule has 19 heavy (non-hydrogen) atoms. The van der Waals surface area contributed by atoms with Crippen molar-refractivity contribution >= 4 is 27.5 Å². The Hall–Kier alpha value is -0.210. The van der Waals surface area contributed by atoms with Crippen LogP contribution in [0.2, 0.25) is 5.02 Å². The number of hydrogen-bond acceptors (Lipinski definition) is 1. The maximum atomic E-state index is 6.20. The molecule has 104 valence electrons. The van der Waals surface area contributed by atoms with Crippen LogP contribution in [0, 0.1) is 5.92 Å². The average Bonchev–Trinajstić information content (AvgIpc) is 3.05. The normalized spacial score (nSPS) is 20.3. The third kappa shape index (κ3) is 3.11. The third-order valence-electron chi connectivity index (χ3n) is 4.43. The van der Waals surface area contributed by atoms with Gasteiger partial charge in [0.2, 0.25) is 0 Å². The van der Waals surface area contributed by atoms with Crippen LogP contribution >= 0.6 is 27.5 Å². The number of halogens is 2. The number of aryl methyl sites for hydroxylation is 1. The minimum Gasteiger partial charge on any atom is -0.493 e.